The second kappa shape index (κ2) is 7.70. The first kappa shape index (κ1) is 17.6. The number of nitrogens with zero attached hydrogens (tertiary/aromatic N) is 1. The van der Waals surface area contributed by atoms with Crippen molar-refractivity contribution < 1.29 is 19.4 Å². The number of rotatable bonds is 6. The second-order valence-electron chi connectivity index (χ2n) is 5.65. The number of benzene rings is 1. The number of carboxylic acid groups (broad SMARTS) is 1. The molecule has 0 saturated heterocycles. The predicted octanol–water partition coefficient (Wildman–Crippen LogP) is 3.27. The molecule has 126 valence electrons. The number of hydrogen-bond donors (Lipinski definition) is 2. The topological polar surface area (TPSA) is 88.5 Å². The minimum Gasteiger partial charge on any atom is -0.478 e. The molecule has 1 amide bonds. The van der Waals surface area contributed by atoms with Crippen LogP contribution in [0.5, 0.6) is 0 Å². The molecule has 0 aliphatic rings. The lowest BCUT2D eigenvalue weighted by molar-refractivity contribution is 0.0657. The molecule has 2 aromatic rings. The Balaban J connectivity index is 2.10. The fourth-order valence-corrected chi connectivity index (χ4v) is 2.11. The van der Waals surface area contributed by atoms with Gasteiger partial charge in [-0.15, -0.1) is 0 Å². The Morgan fingerprint density at radius 1 is 1.25 bits per heavy atom. The average Bonchev–Trinajstić information content (AvgIpc) is 2.52. The van der Waals surface area contributed by atoms with Crippen molar-refractivity contribution in [1.29, 1.82) is 0 Å². The molecule has 0 atom stereocenters. The molecule has 2 rings (SSSR count). The number of aromatic nitrogens is 1. The summed E-state index contributed by atoms with van der Waals surface area (Å²) in [6, 6.07) is 10.1. The first-order chi connectivity index (χ1) is 11.4. The van der Waals surface area contributed by atoms with Crippen LogP contribution in [0.4, 0.5) is 5.69 Å². The van der Waals surface area contributed by atoms with Crippen molar-refractivity contribution in [3.63, 3.8) is 0 Å². The summed E-state index contributed by atoms with van der Waals surface area (Å²) in [6.45, 7) is 5.94. The van der Waals surface area contributed by atoms with E-state index in [1.165, 1.54) is 12.1 Å². The molecule has 0 aliphatic carbocycles. The third-order valence-corrected chi connectivity index (χ3v) is 3.32. The van der Waals surface area contributed by atoms with E-state index in [0.29, 0.717) is 18.0 Å². The number of hydrogen-bond acceptors (Lipinski definition) is 4. The quantitative estimate of drug-likeness (QED) is 0.849. The van der Waals surface area contributed by atoms with Crippen LogP contribution in [0.2, 0.25) is 0 Å². The summed E-state index contributed by atoms with van der Waals surface area (Å²) >= 11 is 0. The number of pyridine rings is 1. The molecular weight excluding hydrogens is 308 g/mol. The normalized spacial score (nSPS) is 10.7. The van der Waals surface area contributed by atoms with Crippen molar-refractivity contribution in [2.75, 3.05) is 5.32 Å². The lowest BCUT2D eigenvalue weighted by Crippen LogP contribution is -2.15. The molecular formula is C18H20N2O4. The van der Waals surface area contributed by atoms with Crippen LogP contribution in [0.1, 0.15) is 46.0 Å². The van der Waals surface area contributed by atoms with Gasteiger partial charge in [0.25, 0.3) is 5.91 Å². The highest BCUT2D eigenvalue weighted by Crippen LogP contribution is 2.14. The molecule has 1 heterocycles. The van der Waals surface area contributed by atoms with Crippen LogP contribution in [0, 0.1) is 6.92 Å². The van der Waals surface area contributed by atoms with Crippen LogP contribution in [-0.4, -0.2) is 28.1 Å². The van der Waals surface area contributed by atoms with E-state index in [0.717, 1.165) is 5.56 Å². The van der Waals surface area contributed by atoms with Crippen molar-refractivity contribution in [2.45, 2.75) is 33.5 Å². The van der Waals surface area contributed by atoms with Gasteiger partial charge >= 0.3 is 5.97 Å². The zero-order chi connectivity index (χ0) is 17.7. The van der Waals surface area contributed by atoms with E-state index in [9.17, 15) is 9.59 Å². The maximum atomic E-state index is 12.3. The van der Waals surface area contributed by atoms with Gasteiger partial charge < -0.3 is 15.2 Å². The van der Waals surface area contributed by atoms with Crippen LogP contribution in [0.25, 0.3) is 0 Å². The Morgan fingerprint density at radius 3 is 2.62 bits per heavy atom. The summed E-state index contributed by atoms with van der Waals surface area (Å²) in [7, 11) is 0. The number of carbonyl (C=O) groups excluding carboxylic acids is 1. The highest BCUT2D eigenvalue weighted by atomic mass is 16.5. The van der Waals surface area contributed by atoms with Gasteiger partial charge in [0.1, 0.15) is 5.69 Å². The first-order valence-corrected chi connectivity index (χ1v) is 7.59. The number of nitrogens with one attached hydrogen (secondary N) is 1. The third kappa shape index (κ3) is 4.63. The van der Waals surface area contributed by atoms with Gasteiger partial charge in [0.15, 0.2) is 0 Å². The highest BCUT2D eigenvalue weighted by Gasteiger charge is 2.13. The standard InChI is InChI=1S/C18H20N2O4/c1-11(2)24-10-13-5-4-6-14(9-13)20-17(21)16-8-7-15(18(22)23)12(3)19-16/h4-9,11H,10H2,1-3H3,(H,20,21)(H,22,23). The Labute approximate surface area is 140 Å². The molecule has 0 unspecified atom stereocenters. The zero-order valence-electron chi connectivity index (χ0n) is 13.9. The lowest BCUT2D eigenvalue weighted by Gasteiger charge is -2.10. The Kier molecular flexibility index (Phi) is 5.65. The summed E-state index contributed by atoms with van der Waals surface area (Å²) in [6.07, 6.45) is 0.128. The number of aromatic carboxylic acids is 1. The van der Waals surface area contributed by atoms with Crippen LogP contribution in [-0.2, 0) is 11.3 Å². The van der Waals surface area contributed by atoms with Crippen LogP contribution in [0.3, 0.4) is 0 Å². The number of aryl methyl sites for hydroxylation is 1. The highest BCUT2D eigenvalue weighted by molar-refractivity contribution is 6.03. The predicted molar refractivity (Wildman–Crippen MR) is 90.3 cm³/mol. The Hall–Kier alpha value is -2.73. The van der Waals surface area contributed by atoms with Gasteiger partial charge in [-0.25, -0.2) is 9.78 Å². The average molecular weight is 328 g/mol. The number of carboxylic acids is 1. The summed E-state index contributed by atoms with van der Waals surface area (Å²) < 4.78 is 5.54. The van der Waals surface area contributed by atoms with E-state index in [-0.39, 0.29) is 17.4 Å². The van der Waals surface area contributed by atoms with Crippen LogP contribution >= 0.6 is 0 Å². The van der Waals surface area contributed by atoms with Gasteiger partial charge in [0, 0.05) is 5.69 Å². The molecule has 0 fully saturated rings. The minimum atomic E-state index is -1.06. The van der Waals surface area contributed by atoms with E-state index in [1.54, 1.807) is 13.0 Å². The van der Waals surface area contributed by atoms with Crippen molar-refractivity contribution in [3.8, 4) is 0 Å². The summed E-state index contributed by atoms with van der Waals surface area (Å²) in [5, 5.41) is 11.8. The Bertz CT molecular complexity index is 756. The Morgan fingerprint density at radius 2 is 2.00 bits per heavy atom. The summed E-state index contributed by atoms with van der Waals surface area (Å²) in [5.74, 6) is -1.46. The van der Waals surface area contributed by atoms with E-state index in [1.807, 2.05) is 32.0 Å². The number of anilines is 1. The molecule has 0 aliphatic heterocycles. The van der Waals surface area contributed by atoms with Crippen molar-refractivity contribution in [3.05, 3.63) is 58.9 Å². The molecule has 6 nitrogen and oxygen atoms in total. The lowest BCUT2D eigenvalue weighted by atomic mass is 10.1. The molecule has 1 aromatic carbocycles. The fraction of sp³-hybridized carbons (Fsp3) is 0.278. The number of amides is 1. The molecule has 2 N–H and O–H groups in total. The van der Waals surface area contributed by atoms with Gasteiger partial charge in [0.2, 0.25) is 0 Å². The van der Waals surface area contributed by atoms with Gasteiger partial charge in [-0.2, -0.15) is 0 Å². The van der Waals surface area contributed by atoms with Crippen molar-refractivity contribution >= 4 is 17.6 Å². The number of carbonyl (C=O) groups is 2. The molecule has 0 spiro atoms. The molecule has 0 radical (unpaired) electrons. The molecule has 1 aromatic heterocycles. The smallest absolute Gasteiger partial charge is 0.337 e. The first-order valence-electron chi connectivity index (χ1n) is 7.59. The SMILES string of the molecule is Cc1nc(C(=O)Nc2cccc(COC(C)C)c2)ccc1C(=O)O. The van der Waals surface area contributed by atoms with Gasteiger partial charge in [0.05, 0.1) is 24.0 Å². The molecule has 0 saturated carbocycles. The molecule has 24 heavy (non-hydrogen) atoms. The van der Waals surface area contributed by atoms with Gasteiger partial charge in [-0.3, -0.25) is 4.79 Å². The fourth-order valence-electron chi connectivity index (χ4n) is 2.11. The molecule has 6 heteroatoms. The number of ether oxygens (including phenoxy) is 1. The third-order valence-electron chi connectivity index (χ3n) is 3.32. The maximum Gasteiger partial charge on any atom is 0.337 e. The molecule has 0 bridgehead atoms. The van der Waals surface area contributed by atoms with Crippen LogP contribution < -0.4 is 5.32 Å². The van der Waals surface area contributed by atoms with Crippen molar-refractivity contribution in [2.24, 2.45) is 0 Å². The van der Waals surface area contributed by atoms with E-state index < -0.39 is 11.9 Å². The largest absolute Gasteiger partial charge is 0.478 e. The minimum absolute atomic E-state index is 0.0828. The van der Waals surface area contributed by atoms with E-state index >= 15 is 0 Å². The summed E-state index contributed by atoms with van der Waals surface area (Å²) in [4.78, 5) is 27.3. The zero-order valence-corrected chi connectivity index (χ0v) is 13.9. The second-order valence-corrected chi connectivity index (χ2v) is 5.65. The monoisotopic (exact) mass is 328 g/mol. The van der Waals surface area contributed by atoms with Crippen molar-refractivity contribution in [1.82, 2.24) is 4.98 Å². The van der Waals surface area contributed by atoms with Gasteiger partial charge in [-0.1, -0.05) is 12.1 Å². The summed E-state index contributed by atoms with van der Waals surface area (Å²) in [5.41, 5.74) is 2.13. The van der Waals surface area contributed by atoms with Crippen LogP contribution in [0.15, 0.2) is 36.4 Å². The maximum absolute atomic E-state index is 12.3. The van der Waals surface area contributed by atoms with E-state index in [2.05, 4.69) is 10.3 Å². The van der Waals surface area contributed by atoms with Gasteiger partial charge in [-0.05, 0) is 50.6 Å². The van der Waals surface area contributed by atoms with E-state index in [4.69, 9.17) is 9.84 Å².